The molecule has 0 aliphatic heterocycles. The van der Waals surface area contributed by atoms with E-state index in [1.54, 1.807) is 6.92 Å². The third kappa shape index (κ3) is 4.34. The Hall–Kier alpha value is -2.83. The van der Waals surface area contributed by atoms with Crippen LogP contribution in [0.2, 0.25) is 0 Å². The standard InChI is InChI=1S/C17H20FN3O3/c1-4-10(2)19-17(23)20-12-5-6-14(18)15(9-12)21-16(22)13-7-8-24-11(13)3/h5-10H,4H2,1-3H3,(H,21,22)(H2,19,20,23). The number of carbonyl (C=O) groups excluding carboxylic acids is 2. The van der Waals surface area contributed by atoms with Crippen LogP contribution < -0.4 is 16.0 Å². The minimum Gasteiger partial charge on any atom is -0.469 e. The number of hydrogen-bond acceptors (Lipinski definition) is 3. The van der Waals surface area contributed by atoms with Crippen LogP contribution in [-0.4, -0.2) is 18.0 Å². The summed E-state index contributed by atoms with van der Waals surface area (Å²) >= 11 is 0. The van der Waals surface area contributed by atoms with Crippen molar-refractivity contribution in [2.45, 2.75) is 33.2 Å². The van der Waals surface area contributed by atoms with Gasteiger partial charge < -0.3 is 20.4 Å². The fourth-order valence-electron chi connectivity index (χ4n) is 2.00. The molecule has 3 amide bonds. The van der Waals surface area contributed by atoms with Gasteiger partial charge in [-0.05, 0) is 44.5 Å². The largest absolute Gasteiger partial charge is 0.469 e. The molecule has 128 valence electrons. The zero-order valence-electron chi connectivity index (χ0n) is 13.8. The number of anilines is 2. The average molecular weight is 333 g/mol. The van der Waals surface area contributed by atoms with E-state index in [0.29, 0.717) is 17.0 Å². The van der Waals surface area contributed by atoms with E-state index < -0.39 is 11.7 Å². The average Bonchev–Trinajstić information content (AvgIpc) is 2.96. The maximum absolute atomic E-state index is 13.9. The molecule has 1 unspecified atom stereocenters. The minimum atomic E-state index is -0.600. The zero-order valence-corrected chi connectivity index (χ0v) is 13.8. The van der Waals surface area contributed by atoms with Crippen molar-refractivity contribution >= 4 is 23.3 Å². The first-order valence-electron chi connectivity index (χ1n) is 7.63. The quantitative estimate of drug-likeness (QED) is 0.776. The first-order valence-corrected chi connectivity index (χ1v) is 7.63. The highest BCUT2D eigenvalue weighted by molar-refractivity contribution is 6.05. The lowest BCUT2D eigenvalue weighted by Crippen LogP contribution is -2.35. The van der Waals surface area contributed by atoms with Crippen LogP contribution in [0.3, 0.4) is 0 Å². The van der Waals surface area contributed by atoms with Gasteiger partial charge in [0.1, 0.15) is 11.6 Å². The van der Waals surface area contributed by atoms with E-state index in [9.17, 15) is 14.0 Å². The van der Waals surface area contributed by atoms with Gasteiger partial charge >= 0.3 is 6.03 Å². The summed E-state index contributed by atoms with van der Waals surface area (Å²) < 4.78 is 19.0. The summed E-state index contributed by atoms with van der Waals surface area (Å²) in [6.07, 6.45) is 2.18. The molecular formula is C17H20FN3O3. The molecule has 1 aromatic carbocycles. The highest BCUT2D eigenvalue weighted by atomic mass is 19.1. The van der Waals surface area contributed by atoms with E-state index >= 15 is 0 Å². The van der Waals surface area contributed by atoms with Crippen LogP contribution in [0, 0.1) is 12.7 Å². The highest BCUT2D eigenvalue weighted by Crippen LogP contribution is 2.21. The lowest BCUT2D eigenvalue weighted by Gasteiger charge is -2.13. The number of aryl methyl sites for hydroxylation is 1. The van der Waals surface area contributed by atoms with Gasteiger partial charge in [-0.3, -0.25) is 4.79 Å². The van der Waals surface area contributed by atoms with E-state index in [4.69, 9.17) is 4.42 Å². The number of halogens is 1. The van der Waals surface area contributed by atoms with Crippen molar-refractivity contribution in [2.24, 2.45) is 0 Å². The molecule has 1 aromatic heterocycles. The van der Waals surface area contributed by atoms with Crippen LogP contribution in [0.1, 0.15) is 36.4 Å². The Balaban J connectivity index is 2.10. The lowest BCUT2D eigenvalue weighted by atomic mass is 10.2. The summed E-state index contributed by atoms with van der Waals surface area (Å²) in [6.45, 7) is 5.47. The van der Waals surface area contributed by atoms with E-state index in [1.165, 1.54) is 30.5 Å². The summed E-state index contributed by atoms with van der Waals surface area (Å²) in [4.78, 5) is 23.9. The van der Waals surface area contributed by atoms with Gasteiger partial charge in [-0.1, -0.05) is 6.92 Å². The molecule has 0 saturated heterocycles. The maximum Gasteiger partial charge on any atom is 0.319 e. The van der Waals surface area contributed by atoms with Crippen LogP contribution in [0.15, 0.2) is 34.9 Å². The molecule has 1 atom stereocenters. The van der Waals surface area contributed by atoms with Crippen LogP contribution in [0.4, 0.5) is 20.6 Å². The van der Waals surface area contributed by atoms with E-state index in [2.05, 4.69) is 16.0 Å². The second-order valence-corrected chi connectivity index (χ2v) is 5.45. The molecule has 2 rings (SSSR count). The third-order valence-electron chi connectivity index (χ3n) is 3.57. The van der Waals surface area contributed by atoms with Gasteiger partial charge in [-0.25, -0.2) is 9.18 Å². The van der Waals surface area contributed by atoms with E-state index in [-0.39, 0.29) is 17.8 Å². The molecule has 0 spiro atoms. The molecule has 3 N–H and O–H groups in total. The van der Waals surface area contributed by atoms with Gasteiger partial charge in [0, 0.05) is 11.7 Å². The molecule has 1 heterocycles. The number of rotatable bonds is 5. The van der Waals surface area contributed by atoms with Gasteiger partial charge in [-0.15, -0.1) is 0 Å². The summed E-state index contributed by atoms with van der Waals surface area (Å²) in [5.74, 6) is -0.645. The number of furan rings is 1. The Morgan fingerprint density at radius 1 is 1.25 bits per heavy atom. The molecule has 0 saturated carbocycles. The van der Waals surface area contributed by atoms with Crippen molar-refractivity contribution in [3.05, 3.63) is 47.7 Å². The lowest BCUT2D eigenvalue weighted by molar-refractivity contribution is 0.102. The van der Waals surface area contributed by atoms with Crippen molar-refractivity contribution in [1.82, 2.24) is 5.32 Å². The SMILES string of the molecule is CCC(C)NC(=O)Nc1ccc(F)c(NC(=O)c2ccoc2C)c1. The second-order valence-electron chi connectivity index (χ2n) is 5.45. The molecule has 0 fully saturated rings. The first kappa shape index (κ1) is 17.5. The van der Waals surface area contributed by atoms with Gasteiger partial charge in [0.25, 0.3) is 5.91 Å². The van der Waals surface area contributed by atoms with Crippen molar-refractivity contribution in [3.63, 3.8) is 0 Å². The van der Waals surface area contributed by atoms with Crippen molar-refractivity contribution in [3.8, 4) is 0 Å². The number of benzene rings is 1. The molecular weight excluding hydrogens is 313 g/mol. The molecule has 0 aliphatic rings. The Kier molecular flexibility index (Phi) is 5.57. The van der Waals surface area contributed by atoms with E-state index in [0.717, 1.165) is 6.42 Å². The predicted molar refractivity (Wildman–Crippen MR) is 89.7 cm³/mol. The molecule has 24 heavy (non-hydrogen) atoms. The molecule has 0 bridgehead atoms. The van der Waals surface area contributed by atoms with Crippen molar-refractivity contribution in [2.75, 3.05) is 10.6 Å². The Labute approximate surface area is 139 Å². The summed E-state index contributed by atoms with van der Waals surface area (Å²) in [7, 11) is 0. The topological polar surface area (TPSA) is 83.4 Å². The number of urea groups is 1. The molecule has 6 nitrogen and oxygen atoms in total. The summed E-state index contributed by atoms with van der Waals surface area (Å²) in [5, 5.41) is 7.82. The zero-order chi connectivity index (χ0) is 17.7. The summed E-state index contributed by atoms with van der Waals surface area (Å²) in [6, 6.07) is 5.09. The molecule has 7 heteroatoms. The third-order valence-corrected chi connectivity index (χ3v) is 3.57. The van der Waals surface area contributed by atoms with Gasteiger partial charge in [0.2, 0.25) is 0 Å². The van der Waals surface area contributed by atoms with Crippen LogP contribution in [-0.2, 0) is 0 Å². The number of hydrogen-bond donors (Lipinski definition) is 3. The van der Waals surface area contributed by atoms with Crippen LogP contribution in [0.5, 0.6) is 0 Å². The molecule has 2 aromatic rings. The minimum absolute atomic E-state index is 0.0219. The Morgan fingerprint density at radius 2 is 2.00 bits per heavy atom. The molecule has 0 aliphatic carbocycles. The van der Waals surface area contributed by atoms with Crippen LogP contribution in [0.25, 0.3) is 0 Å². The first-order chi connectivity index (χ1) is 11.4. The predicted octanol–water partition coefficient (Wildman–Crippen LogP) is 3.90. The number of amides is 3. The highest BCUT2D eigenvalue weighted by Gasteiger charge is 2.14. The summed E-state index contributed by atoms with van der Waals surface area (Å²) in [5.41, 5.74) is 0.667. The van der Waals surface area contributed by atoms with Gasteiger partial charge in [0.15, 0.2) is 0 Å². The fraction of sp³-hybridized carbons (Fsp3) is 0.294. The van der Waals surface area contributed by atoms with Crippen molar-refractivity contribution < 1.29 is 18.4 Å². The van der Waals surface area contributed by atoms with Crippen molar-refractivity contribution in [1.29, 1.82) is 0 Å². The van der Waals surface area contributed by atoms with Gasteiger partial charge in [0.05, 0.1) is 17.5 Å². The Morgan fingerprint density at radius 3 is 2.62 bits per heavy atom. The number of nitrogens with one attached hydrogen (secondary N) is 3. The molecule has 0 radical (unpaired) electrons. The van der Waals surface area contributed by atoms with Gasteiger partial charge in [-0.2, -0.15) is 0 Å². The second kappa shape index (κ2) is 7.63. The maximum atomic E-state index is 13.9. The fourth-order valence-corrected chi connectivity index (χ4v) is 2.00. The number of carbonyl (C=O) groups is 2. The van der Waals surface area contributed by atoms with E-state index in [1.807, 2.05) is 13.8 Å². The monoisotopic (exact) mass is 333 g/mol. The Bertz CT molecular complexity index is 742. The normalized spacial score (nSPS) is 11.7. The smallest absolute Gasteiger partial charge is 0.319 e. The van der Waals surface area contributed by atoms with Crippen LogP contribution >= 0.6 is 0 Å².